The Labute approximate surface area is 270 Å². The van der Waals surface area contributed by atoms with Crippen molar-refractivity contribution in [3.05, 3.63) is 131 Å². The number of sulfonamides is 1. The summed E-state index contributed by atoms with van der Waals surface area (Å²) in [6.45, 7) is 2.34. The van der Waals surface area contributed by atoms with E-state index in [1.807, 2.05) is 67.6 Å². The molecule has 0 radical (unpaired) electrons. The third-order valence-electron chi connectivity index (χ3n) is 7.14. The first kappa shape index (κ1) is 33.6. The highest BCUT2D eigenvalue weighted by Gasteiger charge is 2.33. The maximum atomic E-state index is 14.2. The average Bonchev–Trinajstić information content (AvgIpc) is 3.04. The Hall–Kier alpha value is -4.34. The largest absolute Gasteiger partial charge is 0.489 e. The zero-order chi connectivity index (χ0) is 32.2. The van der Waals surface area contributed by atoms with Crippen molar-refractivity contribution in [2.24, 2.45) is 0 Å². The summed E-state index contributed by atoms with van der Waals surface area (Å²) in [5.41, 5.74) is 2.92. The van der Waals surface area contributed by atoms with E-state index >= 15 is 0 Å². The Morgan fingerprint density at radius 1 is 0.822 bits per heavy atom. The van der Waals surface area contributed by atoms with Crippen LogP contribution in [0.1, 0.15) is 30.0 Å². The van der Waals surface area contributed by atoms with E-state index in [9.17, 15) is 18.0 Å². The van der Waals surface area contributed by atoms with Crippen LogP contribution in [0.25, 0.3) is 0 Å². The number of benzene rings is 4. The minimum Gasteiger partial charge on any atom is -0.489 e. The molecule has 0 aliphatic rings. The van der Waals surface area contributed by atoms with E-state index in [0.717, 1.165) is 33.7 Å². The first-order valence-electron chi connectivity index (χ1n) is 14.7. The Balaban J connectivity index is 1.63. The summed E-state index contributed by atoms with van der Waals surface area (Å²) in [6, 6.07) is 31.8. The predicted octanol–water partition coefficient (Wildman–Crippen LogP) is 5.85. The molecule has 0 heterocycles. The highest BCUT2D eigenvalue weighted by Crippen LogP contribution is 2.24. The number of hydrogen-bond donors (Lipinski definition) is 1. The number of ether oxygens (including phenoxy) is 1. The maximum absolute atomic E-state index is 14.2. The van der Waals surface area contributed by atoms with Crippen LogP contribution >= 0.6 is 11.6 Å². The Morgan fingerprint density at radius 3 is 2.00 bits per heavy atom. The Morgan fingerprint density at radius 2 is 1.42 bits per heavy atom. The molecule has 8 nitrogen and oxygen atoms in total. The molecule has 0 bridgehead atoms. The van der Waals surface area contributed by atoms with Crippen LogP contribution in [0.2, 0.25) is 5.02 Å². The van der Waals surface area contributed by atoms with Gasteiger partial charge in [-0.15, -0.1) is 0 Å². The lowest BCUT2D eigenvalue weighted by atomic mass is 10.0. The van der Waals surface area contributed by atoms with Crippen molar-refractivity contribution in [3.8, 4) is 5.75 Å². The van der Waals surface area contributed by atoms with Gasteiger partial charge in [0, 0.05) is 24.5 Å². The van der Waals surface area contributed by atoms with Crippen LogP contribution in [0.5, 0.6) is 5.75 Å². The molecule has 0 aliphatic carbocycles. The number of halogens is 1. The molecule has 1 N–H and O–H groups in total. The molecule has 4 aromatic carbocycles. The van der Waals surface area contributed by atoms with Crippen LogP contribution in [0.15, 0.2) is 109 Å². The first-order valence-corrected chi connectivity index (χ1v) is 17.0. The van der Waals surface area contributed by atoms with Gasteiger partial charge in [-0.3, -0.25) is 13.9 Å². The lowest BCUT2D eigenvalue weighted by Gasteiger charge is -2.33. The zero-order valence-electron chi connectivity index (χ0n) is 25.4. The SMILES string of the molecule is CCCNC(=O)[C@@H](Cc1ccccc1)N(Cc1ccc(Cl)cc1)C(=O)CN(c1ccc(OCc2ccccc2)cc1)S(C)(=O)=O. The molecular weight excluding hydrogens is 610 g/mol. The summed E-state index contributed by atoms with van der Waals surface area (Å²) < 4.78 is 33.0. The fourth-order valence-corrected chi connectivity index (χ4v) is 5.75. The van der Waals surface area contributed by atoms with Crippen molar-refractivity contribution in [1.82, 2.24) is 10.2 Å². The second-order valence-electron chi connectivity index (χ2n) is 10.7. The molecule has 0 unspecified atom stereocenters. The van der Waals surface area contributed by atoms with E-state index in [4.69, 9.17) is 16.3 Å². The van der Waals surface area contributed by atoms with Crippen LogP contribution in [-0.2, 0) is 39.2 Å². The highest BCUT2D eigenvalue weighted by atomic mass is 35.5. The van der Waals surface area contributed by atoms with Gasteiger partial charge in [-0.2, -0.15) is 0 Å². The van der Waals surface area contributed by atoms with E-state index in [1.165, 1.54) is 4.90 Å². The van der Waals surface area contributed by atoms with E-state index in [-0.39, 0.29) is 18.9 Å². The summed E-state index contributed by atoms with van der Waals surface area (Å²) in [6.07, 6.45) is 2.03. The number of amides is 2. The van der Waals surface area contributed by atoms with Crippen LogP contribution in [0.4, 0.5) is 5.69 Å². The molecule has 4 aromatic rings. The van der Waals surface area contributed by atoms with Crippen LogP contribution in [-0.4, -0.2) is 50.5 Å². The predicted molar refractivity (Wildman–Crippen MR) is 179 cm³/mol. The monoisotopic (exact) mass is 647 g/mol. The fraction of sp³-hybridized carbons (Fsp3) is 0.257. The lowest BCUT2D eigenvalue weighted by molar-refractivity contribution is -0.140. The number of nitrogens with zero attached hydrogens (tertiary/aromatic N) is 2. The fourth-order valence-electron chi connectivity index (χ4n) is 4.77. The lowest BCUT2D eigenvalue weighted by Crippen LogP contribution is -2.53. The van der Waals surface area contributed by atoms with Crippen LogP contribution in [0.3, 0.4) is 0 Å². The second-order valence-corrected chi connectivity index (χ2v) is 13.0. The van der Waals surface area contributed by atoms with Crippen molar-refractivity contribution < 1.29 is 22.7 Å². The van der Waals surface area contributed by atoms with Crippen LogP contribution < -0.4 is 14.4 Å². The van der Waals surface area contributed by atoms with Gasteiger partial charge in [0.15, 0.2) is 0 Å². The molecule has 0 saturated carbocycles. The third-order valence-corrected chi connectivity index (χ3v) is 8.53. The van der Waals surface area contributed by atoms with Gasteiger partial charge in [0.25, 0.3) is 0 Å². The van der Waals surface area contributed by atoms with Gasteiger partial charge in [0.2, 0.25) is 21.8 Å². The molecule has 0 fully saturated rings. The Bertz CT molecular complexity index is 1630. The summed E-state index contributed by atoms with van der Waals surface area (Å²) in [5.74, 6) is -0.275. The van der Waals surface area contributed by atoms with Gasteiger partial charge in [-0.25, -0.2) is 8.42 Å². The van der Waals surface area contributed by atoms with E-state index in [0.29, 0.717) is 29.6 Å². The van der Waals surface area contributed by atoms with Crippen molar-refractivity contribution >= 4 is 39.1 Å². The quantitative estimate of drug-likeness (QED) is 0.175. The molecule has 236 valence electrons. The number of anilines is 1. The van der Waals surface area contributed by atoms with Crippen molar-refractivity contribution in [2.45, 2.75) is 39.0 Å². The molecule has 4 rings (SSSR count). The number of nitrogens with one attached hydrogen (secondary N) is 1. The summed E-state index contributed by atoms with van der Waals surface area (Å²) in [5, 5.41) is 3.47. The molecule has 0 spiro atoms. The molecule has 0 aliphatic heterocycles. The minimum atomic E-state index is -3.89. The van der Waals surface area contributed by atoms with E-state index in [2.05, 4.69) is 5.32 Å². The first-order chi connectivity index (χ1) is 21.6. The summed E-state index contributed by atoms with van der Waals surface area (Å²) in [4.78, 5) is 29.2. The van der Waals surface area contributed by atoms with E-state index in [1.54, 1.807) is 48.5 Å². The molecule has 1 atom stereocenters. The third kappa shape index (κ3) is 10.1. The van der Waals surface area contributed by atoms with Gasteiger partial charge in [-0.05, 0) is 59.5 Å². The number of hydrogen-bond acceptors (Lipinski definition) is 5. The smallest absolute Gasteiger partial charge is 0.244 e. The van der Waals surface area contributed by atoms with Gasteiger partial charge < -0.3 is 15.0 Å². The number of rotatable bonds is 15. The molecule has 0 aromatic heterocycles. The average molecular weight is 648 g/mol. The van der Waals surface area contributed by atoms with E-state index < -0.39 is 28.5 Å². The molecule has 2 amide bonds. The van der Waals surface area contributed by atoms with Gasteiger partial charge >= 0.3 is 0 Å². The van der Waals surface area contributed by atoms with Gasteiger partial charge in [-0.1, -0.05) is 91.3 Å². The maximum Gasteiger partial charge on any atom is 0.244 e. The van der Waals surface area contributed by atoms with Crippen molar-refractivity contribution in [1.29, 1.82) is 0 Å². The number of carbonyl (C=O) groups is 2. The van der Waals surface area contributed by atoms with Crippen LogP contribution in [0, 0.1) is 0 Å². The molecule has 45 heavy (non-hydrogen) atoms. The Kier molecular flexibility index (Phi) is 12.0. The van der Waals surface area contributed by atoms with Gasteiger partial charge in [0.1, 0.15) is 24.9 Å². The van der Waals surface area contributed by atoms with Crippen molar-refractivity contribution in [2.75, 3.05) is 23.7 Å². The minimum absolute atomic E-state index is 0.0803. The normalized spacial score (nSPS) is 11.8. The topological polar surface area (TPSA) is 96.0 Å². The summed E-state index contributed by atoms with van der Waals surface area (Å²) >= 11 is 6.11. The zero-order valence-corrected chi connectivity index (χ0v) is 27.0. The number of carbonyl (C=O) groups excluding carboxylic acids is 2. The summed E-state index contributed by atoms with van der Waals surface area (Å²) in [7, 11) is -3.89. The second kappa shape index (κ2) is 16.1. The highest BCUT2D eigenvalue weighted by molar-refractivity contribution is 7.92. The van der Waals surface area contributed by atoms with Crippen molar-refractivity contribution in [3.63, 3.8) is 0 Å². The molecule has 10 heteroatoms. The molecular formula is C35H38ClN3O5S. The van der Waals surface area contributed by atoms with Gasteiger partial charge in [0.05, 0.1) is 11.9 Å². The standard InChI is InChI=1S/C35H38ClN3O5S/c1-3-22-37-35(41)33(23-27-10-6-4-7-11-27)38(24-28-14-16-30(36)17-15-28)34(40)25-39(45(2,42)43)31-18-20-32(21-19-31)44-26-29-12-8-5-9-13-29/h4-21,33H,3,22-26H2,1-2H3,(H,37,41)/t33-/m1/s1. The molecule has 0 saturated heterocycles.